The fourth-order valence-electron chi connectivity index (χ4n) is 3.94. The molecule has 0 radical (unpaired) electrons. The number of imidazole rings is 1. The van der Waals surface area contributed by atoms with Crippen LogP contribution < -0.4 is 0 Å². The Morgan fingerprint density at radius 2 is 1.96 bits per heavy atom. The second-order valence-corrected chi connectivity index (χ2v) is 7.32. The number of nitrogens with zero attached hydrogens (tertiary/aromatic N) is 4. The predicted molar refractivity (Wildman–Crippen MR) is 107 cm³/mol. The largest absolute Gasteiger partial charge is 0.463 e. The molecule has 1 aliphatic heterocycles. The van der Waals surface area contributed by atoms with Crippen LogP contribution in [-0.4, -0.2) is 20.2 Å². The summed E-state index contributed by atoms with van der Waals surface area (Å²) in [4.78, 5) is 14.2. The number of benzene rings is 1. The van der Waals surface area contributed by atoms with Gasteiger partial charge in [0.05, 0.1) is 35.6 Å². The maximum Gasteiger partial charge on any atom is 0.154 e. The Labute approximate surface area is 162 Å². The zero-order valence-electron chi connectivity index (χ0n) is 15.2. The molecule has 28 heavy (non-hydrogen) atoms. The molecular weight excluding hydrogens is 348 g/mol. The number of aromatic nitrogens is 3. The molecular formula is C23H18N4O. The zero-order chi connectivity index (χ0) is 18.5. The lowest BCUT2D eigenvalue weighted by Gasteiger charge is -2.13. The minimum absolute atomic E-state index is 0.523. The lowest BCUT2D eigenvalue weighted by molar-refractivity contribution is 0.579. The molecule has 5 nitrogen and oxygen atoms in total. The molecule has 2 aliphatic rings. The van der Waals surface area contributed by atoms with Crippen LogP contribution in [0, 0.1) is 0 Å². The van der Waals surface area contributed by atoms with Gasteiger partial charge in [-0.15, -0.1) is 0 Å². The molecule has 4 aromatic rings. The van der Waals surface area contributed by atoms with Crippen LogP contribution >= 0.6 is 0 Å². The molecule has 1 saturated carbocycles. The van der Waals surface area contributed by atoms with E-state index in [4.69, 9.17) is 9.41 Å². The first-order chi connectivity index (χ1) is 13.9. The highest BCUT2D eigenvalue weighted by Crippen LogP contribution is 2.41. The van der Waals surface area contributed by atoms with E-state index in [2.05, 4.69) is 32.7 Å². The molecule has 0 saturated heterocycles. The number of rotatable bonds is 3. The topological polar surface area (TPSA) is 56.2 Å². The van der Waals surface area contributed by atoms with Gasteiger partial charge in [0.1, 0.15) is 12.0 Å². The highest BCUT2D eigenvalue weighted by molar-refractivity contribution is 6.14. The van der Waals surface area contributed by atoms with E-state index in [9.17, 15) is 0 Å². The van der Waals surface area contributed by atoms with Crippen molar-refractivity contribution in [2.24, 2.45) is 4.99 Å². The van der Waals surface area contributed by atoms with Crippen molar-refractivity contribution in [3.8, 4) is 17.1 Å². The molecule has 4 heterocycles. The van der Waals surface area contributed by atoms with Crippen LogP contribution in [0.1, 0.15) is 41.3 Å². The van der Waals surface area contributed by atoms with E-state index in [1.807, 2.05) is 42.9 Å². The third-order valence-electron chi connectivity index (χ3n) is 5.50. The van der Waals surface area contributed by atoms with Crippen LogP contribution in [0.2, 0.25) is 0 Å². The van der Waals surface area contributed by atoms with Crippen molar-refractivity contribution in [3.63, 3.8) is 0 Å². The van der Waals surface area contributed by atoms with Crippen LogP contribution in [-0.2, 0) is 6.54 Å². The number of pyridine rings is 1. The number of fused-ring (bicyclic) bond motifs is 3. The summed E-state index contributed by atoms with van der Waals surface area (Å²) in [6.07, 6.45) is 7.92. The summed E-state index contributed by atoms with van der Waals surface area (Å²) in [6, 6.07) is 16.5. The van der Waals surface area contributed by atoms with Crippen molar-refractivity contribution in [3.05, 3.63) is 89.8 Å². The van der Waals surface area contributed by atoms with Crippen LogP contribution in [0.4, 0.5) is 0 Å². The Kier molecular flexibility index (Phi) is 3.35. The highest BCUT2D eigenvalue weighted by atomic mass is 16.3. The van der Waals surface area contributed by atoms with E-state index in [1.165, 1.54) is 18.4 Å². The molecule has 5 heteroatoms. The van der Waals surface area contributed by atoms with E-state index in [1.54, 1.807) is 6.26 Å². The summed E-state index contributed by atoms with van der Waals surface area (Å²) in [7, 11) is 0. The summed E-state index contributed by atoms with van der Waals surface area (Å²) in [5, 5.41) is 0. The normalized spacial score (nSPS) is 15.5. The average Bonchev–Trinajstić information content (AvgIpc) is 3.33. The molecule has 0 amide bonds. The molecule has 0 atom stereocenters. The van der Waals surface area contributed by atoms with Gasteiger partial charge in [0.2, 0.25) is 0 Å². The highest BCUT2D eigenvalue weighted by Gasteiger charge is 2.28. The van der Waals surface area contributed by atoms with Gasteiger partial charge in [-0.05, 0) is 60.7 Å². The molecule has 1 fully saturated rings. The Hall–Kier alpha value is -3.47. The van der Waals surface area contributed by atoms with Crippen molar-refractivity contribution in [2.75, 3.05) is 0 Å². The summed E-state index contributed by atoms with van der Waals surface area (Å²) >= 11 is 0. The van der Waals surface area contributed by atoms with Gasteiger partial charge in [0.25, 0.3) is 0 Å². The Morgan fingerprint density at radius 3 is 2.75 bits per heavy atom. The van der Waals surface area contributed by atoms with Gasteiger partial charge in [-0.2, -0.15) is 0 Å². The van der Waals surface area contributed by atoms with Gasteiger partial charge in [0, 0.05) is 11.8 Å². The minimum Gasteiger partial charge on any atom is -0.463 e. The molecule has 6 rings (SSSR count). The molecule has 3 aromatic heterocycles. The van der Waals surface area contributed by atoms with Gasteiger partial charge < -0.3 is 4.42 Å². The summed E-state index contributed by atoms with van der Waals surface area (Å²) in [5.41, 5.74) is 7.30. The first-order valence-corrected chi connectivity index (χ1v) is 9.59. The monoisotopic (exact) mass is 366 g/mol. The van der Waals surface area contributed by atoms with Crippen molar-refractivity contribution >= 4 is 5.71 Å². The summed E-state index contributed by atoms with van der Waals surface area (Å²) < 4.78 is 7.75. The van der Waals surface area contributed by atoms with Crippen LogP contribution in [0.15, 0.2) is 76.7 Å². The number of furan rings is 1. The number of hydrogen-bond acceptors (Lipinski definition) is 4. The van der Waals surface area contributed by atoms with Gasteiger partial charge >= 0.3 is 0 Å². The van der Waals surface area contributed by atoms with Gasteiger partial charge in [-0.1, -0.05) is 12.1 Å². The van der Waals surface area contributed by atoms with E-state index >= 15 is 0 Å². The third-order valence-corrected chi connectivity index (χ3v) is 5.50. The molecule has 0 N–H and O–H groups in total. The molecule has 1 aromatic carbocycles. The van der Waals surface area contributed by atoms with E-state index in [0.29, 0.717) is 12.5 Å². The SMILES string of the molecule is c1ccc(C2=NCc3c(-c4ccco4)ncn3-c3ccc(C4CC4)cc32)nc1. The smallest absolute Gasteiger partial charge is 0.154 e. The second-order valence-electron chi connectivity index (χ2n) is 7.32. The third kappa shape index (κ3) is 2.43. The van der Waals surface area contributed by atoms with E-state index in [-0.39, 0.29) is 0 Å². The zero-order valence-corrected chi connectivity index (χ0v) is 15.2. The van der Waals surface area contributed by atoms with Crippen LogP contribution in [0.5, 0.6) is 0 Å². The van der Waals surface area contributed by atoms with Crippen molar-refractivity contribution in [1.29, 1.82) is 0 Å². The van der Waals surface area contributed by atoms with Gasteiger partial charge in [-0.25, -0.2) is 4.98 Å². The molecule has 136 valence electrons. The molecule has 0 spiro atoms. The van der Waals surface area contributed by atoms with Crippen LogP contribution in [0.3, 0.4) is 0 Å². The Bertz CT molecular complexity index is 1180. The standard InChI is InChI=1S/C23H18N4O/c1-2-10-24-18(4-1)22-17-12-16(15-6-7-15)8-9-19(17)27-14-26-23(20(27)13-25-22)21-5-3-11-28-21/h1-5,8-12,14-15H,6-7,13H2. The van der Waals surface area contributed by atoms with Crippen LogP contribution in [0.25, 0.3) is 17.1 Å². The van der Waals surface area contributed by atoms with Crippen molar-refractivity contribution in [2.45, 2.75) is 25.3 Å². The first-order valence-electron chi connectivity index (χ1n) is 9.59. The van der Waals surface area contributed by atoms with Crippen molar-refractivity contribution < 1.29 is 4.42 Å². The lowest BCUT2D eigenvalue weighted by Crippen LogP contribution is -2.09. The van der Waals surface area contributed by atoms with E-state index in [0.717, 1.165) is 39.8 Å². The molecule has 1 aliphatic carbocycles. The Balaban J connectivity index is 1.58. The summed E-state index contributed by atoms with van der Waals surface area (Å²) in [6.45, 7) is 0.523. The Morgan fingerprint density at radius 1 is 1.00 bits per heavy atom. The second kappa shape index (κ2) is 6.02. The quantitative estimate of drug-likeness (QED) is 0.525. The predicted octanol–water partition coefficient (Wildman–Crippen LogP) is 4.76. The number of aliphatic imine (C=N–C) groups is 1. The van der Waals surface area contributed by atoms with Gasteiger partial charge in [0.15, 0.2) is 5.76 Å². The summed E-state index contributed by atoms with van der Waals surface area (Å²) in [5.74, 6) is 1.45. The minimum atomic E-state index is 0.523. The van der Waals surface area contributed by atoms with Crippen molar-refractivity contribution in [1.82, 2.24) is 14.5 Å². The lowest BCUT2D eigenvalue weighted by atomic mass is 9.99. The fourth-order valence-corrected chi connectivity index (χ4v) is 3.94. The number of hydrogen-bond donors (Lipinski definition) is 0. The van der Waals surface area contributed by atoms with E-state index < -0.39 is 0 Å². The fraction of sp³-hybridized carbons (Fsp3) is 0.174. The molecule has 0 unspecified atom stereocenters. The average molecular weight is 366 g/mol. The maximum absolute atomic E-state index is 5.61. The first kappa shape index (κ1) is 15.6. The molecule has 0 bridgehead atoms. The maximum atomic E-state index is 5.61. The van der Waals surface area contributed by atoms with Gasteiger partial charge in [-0.3, -0.25) is 14.5 Å².